The molecule has 0 saturated carbocycles. The summed E-state index contributed by atoms with van der Waals surface area (Å²) in [5.74, 6) is 0. The van der Waals surface area contributed by atoms with Crippen molar-refractivity contribution >= 4 is 0 Å². The first-order chi connectivity index (χ1) is 6.70. The molecule has 0 radical (unpaired) electrons. The van der Waals surface area contributed by atoms with E-state index in [1.807, 2.05) is 27.8 Å². The van der Waals surface area contributed by atoms with Gasteiger partial charge in [-0.3, -0.25) is 4.90 Å². The van der Waals surface area contributed by atoms with Crippen LogP contribution in [0, 0.1) is 0 Å². The van der Waals surface area contributed by atoms with Gasteiger partial charge in [0.25, 0.3) is 0 Å². The molecule has 0 amide bonds. The lowest BCUT2D eigenvalue weighted by Crippen LogP contribution is -2.36. The van der Waals surface area contributed by atoms with Gasteiger partial charge in [-0.15, -0.1) is 0 Å². The van der Waals surface area contributed by atoms with Gasteiger partial charge in [0, 0.05) is 13.7 Å². The third kappa shape index (κ3) is 3.07. The van der Waals surface area contributed by atoms with Crippen LogP contribution in [0.5, 0.6) is 0 Å². The second kappa shape index (κ2) is 6.96. The Hall–Kier alpha value is -0.410. The molecule has 2 nitrogen and oxygen atoms in total. The Morgan fingerprint density at radius 3 is 2.57 bits per heavy atom. The predicted molar refractivity (Wildman–Crippen MR) is 58.0 cm³/mol. The van der Waals surface area contributed by atoms with Crippen molar-refractivity contribution in [1.29, 1.82) is 0 Å². The third-order valence-corrected chi connectivity index (χ3v) is 2.56. The smallest absolute Gasteiger partial charge is 0.0876 e. The molecular weight excluding hydrogens is 181 g/mol. The number of hydrogen-bond donors (Lipinski definition) is 0. The normalized spacial score (nSPS) is 27.3. The van der Waals surface area contributed by atoms with Crippen LogP contribution in [-0.2, 0) is 4.74 Å². The van der Waals surface area contributed by atoms with E-state index in [1.165, 1.54) is 0 Å². The Labute approximate surface area is 86.7 Å². The van der Waals surface area contributed by atoms with E-state index in [9.17, 15) is 4.39 Å². The van der Waals surface area contributed by atoms with E-state index < -0.39 is 0 Å². The highest BCUT2D eigenvalue weighted by atomic mass is 19.1. The van der Waals surface area contributed by atoms with Crippen LogP contribution >= 0.6 is 0 Å². The van der Waals surface area contributed by atoms with E-state index in [0.717, 1.165) is 24.9 Å². The average molecular weight is 203 g/mol. The van der Waals surface area contributed by atoms with Crippen molar-refractivity contribution in [2.75, 3.05) is 20.7 Å². The fourth-order valence-electron chi connectivity index (χ4n) is 1.78. The first kappa shape index (κ1) is 13.6. The average Bonchev–Trinajstić information content (AvgIpc) is 2.61. The minimum atomic E-state index is 0.0690. The molecule has 0 bridgehead atoms. The van der Waals surface area contributed by atoms with Gasteiger partial charge in [0.05, 0.1) is 18.5 Å². The number of hydrogen-bond acceptors (Lipinski definition) is 2. The number of halogens is 1. The Morgan fingerprint density at radius 1 is 1.57 bits per heavy atom. The fourth-order valence-corrected chi connectivity index (χ4v) is 1.78. The van der Waals surface area contributed by atoms with Gasteiger partial charge >= 0.3 is 0 Å². The van der Waals surface area contributed by atoms with E-state index in [0.29, 0.717) is 0 Å². The molecule has 1 aliphatic rings. The van der Waals surface area contributed by atoms with Gasteiger partial charge in [0.15, 0.2) is 0 Å². The molecule has 0 aromatic carbocycles. The summed E-state index contributed by atoms with van der Waals surface area (Å²) in [6, 6.07) is 0.125. The Balaban J connectivity index is 0.000000791. The van der Waals surface area contributed by atoms with Crippen LogP contribution in [-0.4, -0.2) is 37.7 Å². The van der Waals surface area contributed by atoms with Gasteiger partial charge < -0.3 is 4.74 Å². The van der Waals surface area contributed by atoms with Crippen molar-refractivity contribution in [2.24, 2.45) is 0 Å². The lowest BCUT2D eigenvalue weighted by atomic mass is 10.1. The maximum atomic E-state index is 12.4. The summed E-state index contributed by atoms with van der Waals surface area (Å²) >= 11 is 0. The highest BCUT2D eigenvalue weighted by Gasteiger charge is 2.30. The molecule has 1 fully saturated rings. The summed E-state index contributed by atoms with van der Waals surface area (Å²) in [6.07, 6.45) is 1.62. The van der Waals surface area contributed by atoms with Gasteiger partial charge in [-0.05, 0) is 26.0 Å². The van der Waals surface area contributed by atoms with Crippen molar-refractivity contribution in [3.63, 3.8) is 0 Å². The molecular formula is C11H22FNO. The number of rotatable bonds is 2. The van der Waals surface area contributed by atoms with E-state index >= 15 is 0 Å². The van der Waals surface area contributed by atoms with Gasteiger partial charge in [-0.1, -0.05) is 13.8 Å². The van der Waals surface area contributed by atoms with Crippen LogP contribution in [0.25, 0.3) is 0 Å². The summed E-state index contributed by atoms with van der Waals surface area (Å²) in [4.78, 5) is 2.12. The van der Waals surface area contributed by atoms with Crippen LogP contribution in [0.4, 0.5) is 4.39 Å². The number of nitrogens with zero attached hydrogens (tertiary/aromatic N) is 1. The third-order valence-electron chi connectivity index (χ3n) is 2.56. The standard InChI is InChI=1S/C9H16FNO.C2H6/c1-7(12-3)9-8(6-10)4-5-11(9)2;1-2/h6-7,9H,4-5H2,1-3H3;1-2H3/b8-6+;. The molecule has 0 N–H and O–H groups in total. The lowest BCUT2D eigenvalue weighted by Gasteiger charge is -2.25. The molecule has 1 aliphatic heterocycles. The molecule has 1 saturated heterocycles. The van der Waals surface area contributed by atoms with Crippen LogP contribution in [0.1, 0.15) is 27.2 Å². The lowest BCUT2D eigenvalue weighted by molar-refractivity contribution is 0.0641. The minimum Gasteiger partial charge on any atom is -0.380 e. The number of likely N-dealkylation sites (tertiary alicyclic amines) is 1. The van der Waals surface area contributed by atoms with Crippen molar-refractivity contribution in [3.8, 4) is 0 Å². The zero-order valence-corrected chi connectivity index (χ0v) is 9.88. The Bertz CT molecular complexity index is 182. The predicted octanol–water partition coefficient (Wildman–Crippen LogP) is 2.61. The van der Waals surface area contributed by atoms with Crippen molar-refractivity contribution in [1.82, 2.24) is 4.90 Å². The second-order valence-electron chi connectivity index (χ2n) is 3.30. The molecule has 0 aliphatic carbocycles. The highest BCUT2D eigenvalue weighted by Crippen LogP contribution is 2.25. The van der Waals surface area contributed by atoms with Gasteiger partial charge in [-0.2, -0.15) is 0 Å². The molecule has 2 atom stereocenters. The van der Waals surface area contributed by atoms with E-state index in [-0.39, 0.29) is 12.1 Å². The molecule has 1 rings (SSSR count). The molecule has 14 heavy (non-hydrogen) atoms. The summed E-state index contributed by atoms with van der Waals surface area (Å²) in [5, 5.41) is 0. The highest BCUT2D eigenvalue weighted by molar-refractivity contribution is 5.15. The fraction of sp³-hybridized carbons (Fsp3) is 0.818. The van der Waals surface area contributed by atoms with E-state index in [1.54, 1.807) is 7.11 Å². The largest absolute Gasteiger partial charge is 0.380 e. The van der Waals surface area contributed by atoms with E-state index in [2.05, 4.69) is 4.90 Å². The maximum absolute atomic E-state index is 12.4. The van der Waals surface area contributed by atoms with Gasteiger partial charge in [0.1, 0.15) is 0 Å². The maximum Gasteiger partial charge on any atom is 0.0876 e. The second-order valence-corrected chi connectivity index (χ2v) is 3.30. The summed E-state index contributed by atoms with van der Waals surface area (Å²) in [5.41, 5.74) is 0.854. The number of likely N-dealkylation sites (N-methyl/N-ethyl adjacent to an activating group) is 1. The molecule has 84 valence electrons. The molecule has 3 heteroatoms. The zero-order valence-electron chi connectivity index (χ0n) is 9.88. The van der Waals surface area contributed by atoms with Crippen molar-refractivity contribution in [2.45, 2.75) is 39.3 Å². The summed E-state index contributed by atoms with van der Waals surface area (Å²) in [7, 11) is 3.66. The quantitative estimate of drug-likeness (QED) is 0.684. The topological polar surface area (TPSA) is 12.5 Å². The van der Waals surface area contributed by atoms with E-state index in [4.69, 9.17) is 4.74 Å². The van der Waals surface area contributed by atoms with Crippen LogP contribution in [0.2, 0.25) is 0 Å². The van der Waals surface area contributed by atoms with Crippen LogP contribution < -0.4 is 0 Å². The molecule has 0 aromatic heterocycles. The first-order valence-corrected chi connectivity index (χ1v) is 5.23. The van der Waals surface area contributed by atoms with Gasteiger partial charge in [-0.25, -0.2) is 4.39 Å². The van der Waals surface area contributed by atoms with Crippen molar-refractivity contribution in [3.05, 3.63) is 11.9 Å². The van der Waals surface area contributed by atoms with Gasteiger partial charge in [0.2, 0.25) is 0 Å². The SMILES string of the molecule is CC.COC(C)C1/C(=C/F)CCN1C. The summed E-state index contributed by atoms with van der Waals surface area (Å²) in [6.45, 7) is 6.89. The van der Waals surface area contributed by atoms with Crippen LogP contribution in [0.15, 0.2) is 11.9 Å². The zero-order chi connectivity index (χ0) is 11.1. The molecule has 2 unspecified atom stereocenters. The minimum absolute atomic E-state index is 0.0690. The molecule has 1 heterocycles. The Morgan fingerprint density at radius 2 is 2.14 bits per heavy atom. The molecule has 0 aromatic rings. The number of methoxy groups -OCH3 is 1. The summed E-state index contributed by atoms with van der Waals surface area (Å²) < 4.78 is 17.6. The van der Waals surface area contributed by atoms with Crippen molar-refractivity contribution < 1.29 is 9.13 Å². The monoisotopic (exact) mass is 203 g/mol. The number of ether oxygens (including phenoxy) is 1. The molecule has 0 spiro atoms. The first-order valence-electron chi connectivity index (χ1n) is 5.23. The Kier molecular flexibility index (Phi) is 6.75. The van der Waals surface area contributed by atoms with Crippen LogP contribution in [0.3, 0.4) is 0 Å².